The molecule has 1 N–H and O–H groups in total. The van der Waals surface area contributed by atoms with Crippen molar-refractivity contribution in [3.05, 3.63) is 35.4 Å². The van der Waals surface area contributed by atoms with Crippen LogP contribution in [0.25, 0.3) is 0 Å². The van der Waals surface area contributed by atoms with Crippen LogP contribution in [0.1, 0.15) is 31.9 Å². The highest BCUT2D eigenvalue weighted by atomic mass is 19.2. The van der Waals surface area contributed by atoms with Crippen molar-refractivity contribution in [2.75, 3.05) is 27.2 Å². The Kier molecular flexibility index (Phi) is 6.90. The average Bonchev–Trinajstić information content (AvgIpc) is 2.46. The van der Waals surface area contributed by atoms with Crippen LogP contribution in [-0.2, 0) is 4.79 Å². The van der Waals surface area contributed by atoms with E-state index in [4.69, 9.17) is 0 Å². The van der Waals surface area contributed by atoms with E-state index in [1.807, 2.05) is 4.90 Å². The van der Waals surface area contributed by atoms with Crippen LogP contribution < -0.4 is 0 Å². The topological polar surface area (TPSA) is 43.8 Å². The fourth-order valence-corrected chi connectivity index (χ4v) is 2.04. The summed E-state index contributed by atoms with van der Waals surface area (Å²) in [5.74, 6) is -1.94. The zero-order valence-electron chi connectivity index (χ0n) is 13.5. The van der Waals surface area contributed by atoms with Crippen LogP contribution in [0.15, 0.2) is 18.2 Å². The molecule has 0 radical (unpaired) electrons. The first kappa shape index (κ1) is 18.5. The van der Waals surface area contributed by atoms with E-state index in [0.717, 1.165) is 12.1 Å². The normalized spacial score (nSPS) is 14.0. The van der Waals surface area contributed by atoms with Gasteiger partial charge in [0.05, 0.1) is 18.7 Å². The Morgan fingerprint density at radius 1 is 1.23 bits per heavy atom. The minimum Gasteiger partial charge on any atom is -0.393 e. The van der Waals surface area contributed by atoms with E-state index < -0.39 is 17.7 Å². The van der Waals surface area contributed by atoms with Crippen molar-refractivity contribution in [2.24, 2.45) is 0 Å². The molecule has 0 aromatic heterocycles. The molecular formula is C16H24F2N2O2. The number of rotatable bonds is 7. The summed E-state index contributed by atoms with van der Waals surface area (Å²) in [5, 5.41) is 9.24. The SMILES string of the molecule is CC(O)CCN(C)CC(=O)N(C)C(C)c1ccc(F)c(F)c1. The van der Waals surface area contributed by atoms with Gasteiger partial charge in [-0.25, -0.2) is 8.78 Å². The molecule has 0 aliphatic heterocycles. The van der Waals surface area contributed by atoms with Crippen LogP contribution in [0, 0.1) is 11.6 Å². The van der Waals surface area contributed by atoms with Crippen LogP contribution >= 0.6 is 0 Å². The van der Waals surface area contributed by atoms with E-state index in [0.29, 0.717) is 18.5 Å². The largest absolute Gasteiger partial charge is 0.393 e. The Labute approximate surface area is 130 Å². The summed E-state index contributed by atoms with van der Waals surface area (Å²) in [5.41, 5.74) is 0.543. The van der Waals surface area contributed by atoms with E-state index in [2.05, 4.69) is 0 Å². The van der Waals surface area contributed by atoms with Crippen LogP contribution in [0.2, 0.25) is 0 Å². The zero-order chi connectivity index (χ0) is 16.9. The molecule has 0 spiro atoms. The first-order valence-electron chi connectivity index (χ1n) is 7.29. The lowest BCUT2D eigenvalue weighted by molar-refractivity contribution is -0.132. The summed E-state index contributed by atoms with van der Waals surface area (Å²) >= 11 is 0. The van der Waals surface area contributed by atoms with Crippen molar-refractivity contribution < 1.29 is 18.7 Å². The zero-order valence-corrected chi connectivity index (χ0v) is 13.5. The third-order valence-electron chi connectivity index (χ3n) is 3.73. The summed E-state index contributed by atoms with van der Waals surface area (Å²) in [6.07, 6.45) is 0.183. The molecule has 6 heteroatoms. The Morgan fingerprint density at radius 2 is 1.86 bits per heavy atom. The van der Waals surface area contributed by atoms with Gasteiger partial charge in [0, 0.05) is 13.6 Å². The van der Waals surface area contributed by atoms with E-state index in [1.54, 1.807) is 27.9 Å². The molecular weight excluding hydrogens is 290 g/mol. The van der Waals surface area contributed by atoms with Crippen LogP contribution in [-0.4, -0.2) is 54.1 Å². The molecule has 22 heavy (non-hydrogen) atoms. The Morgan fingerprint density at radius 3 is 2.41 bits per heavy atom. The van der Waals surface area contributed by atoms with Crippen molar-refractivity contribution >= 4 is 5.91 Å². The smallest absolute Gasteiger partial charge is 0.236 e. The number of halogens is 2. The fourth-order valence-electron chi connectivity index (χ4n) is 2.04. The second-order valence-corrected chi connectivity index (χ2v) is 5.73. The third-order valence-corrected chi connectivity index (χ3v) is 3.73. The van der Waals surface area contributed by atoms with Crippen molar-refractivity contribution in [3.63, 3.8) is 0 Å². The number of likely N-dealkylation sites (N-methyl/N-ethyl adjacent to an activating group) is 2. The summed E-state index contributed by atoms with van der Waals surface area (Å²) in [7, 11) is 3.44. The minimum absolute atomic E-state index is 0.120. The quantitative estimate of drug-likeness (QED) is 0.839. The predicted molar refractivity (Wildman–Crippen MR) is 81.3 cm³/mol. The van der Waals surface area contributed by atoms with Gasteiger partial charge in [-0.1, -0.05) is 6.07 Å². The molecule has 124 valence electrons. The van der Waals surface area contributed by atoms with Gasteiger partial charge in [-0.3, -0.25) is 9.69 Å². The number of hydrogen-bond donors (Lipinski definition) is 1. The number of carbonyl (C=O) groups excluding carboxylic acids is 1. The summed E-state index contributed by atoms with van der Waals surface area (Å²) in [6, 6.07) is 3.30. The Bertz CT molecular complexity index is 509. The maximum Gasteiger partial charge on any atom is 0.236 e. The highest BCUT2D eigenvalue weighted by Gasteiger charge is 2.19. The second kappa shape index (κ2) is 8.19. The Hall–Kier alpha value is -1.53. The molecule has 1 aromatic carbocycles. The number of amides is 1. The van der Waals surface area contributed by atoms with Gasteiger partial charge in [-0.2, -0.15) is 0 Å². The van der Waals surface area contributed by atoms with Crippen LogP contribution in [0.3, 0.4) is 0 Å². The summed E-state index contributed by atoms with van der Waals surface area (Å²) in [6.45, 7) is 4.28. The van der Waals surface area contributed by atoms with Gasteiger partial charge in [-0.05, 0) is 45.0 Å². The van der Waals surface area contributed by atoms with Gasteiger partial charge in [0.25, 0.3) is 0 Å². The Balaban J connectivity index is 2.63. The molecule has 2 atom stereocenters. The number of nitrogens with zero attached hydrogens (tertiary/aromatic N) is 2. The van der Waals surface area contributed by atoms with Gasteiger partial charge in [0.15, 0.2) is 11.6 Å². The van der Waals surface area contributed by atoms with Crippen molar-refractivity contribution in [3.8, 4) is 0 Å². The lowest BCUT2D eigenvalue weighted by Crippen LogP contribution is -2.38. The van der Waals surface area contributed by atoms with Crippen molar-refractivity contribution in [1.82, 2.24) is 9.80 Å². The van der Waals surface area contributed by atoms with Crippen molar-refractivity contribution in [1.29, 1.82) is 0 Å². The van der Waals surface area contributed by atoms with E-state index >= 15 is 0 Å². The first-order chi connectivity index (χ1) is 10.2. The minimum atomic E-state index is -0.917. The lowest BCUT2D eigenvalue weighted by atomic mass is 10.1. The molecule has 1 rings (SSSR count). The molecule has 0 aliphatic carbocycles. The number of carbonyl (C=O) groups is 1. The molecule has 2 unspecified atom stereocenters. The fraction of sp³-hybridized carbons (Fsp3) is 0.562. The molecule has 0 saturated heterocycles. The second-order valence-electron chi connectivity index (χ2n) is 5.73. The first-order valence-corrected chi connectivity index (χ1v) is 7.29. The van der Waals surface area contributed by atoms with Gasteiger partial charge >= 0.3 is 0 Å². The van der Waals surface area contributed by atoms with Gasteiger partial charge in [-0.15, -0.1) is 0 Å². The molecule has 0 heterocycles. The van der Waals surface area contributed by atoms with E-state index in [1.165, 1.54) is 11.0 Å². The van der Waals surface area contributed by atoms with Crippen LogP contribution in [0.5, 0.6) is 0 Å². The molecule has 1 amide bonds. The summed E-state index contributed by atoms with van der Waals surface area (Å²) in [4.78, 5) is 15.5. The third kappa shape index (κ3) is 5.35. The number of aliphatic hydroxyl groups is 1. The predicted octanol–water partition coefficient (Wildman–Crippen LogP) is 2.19. The monoisotopic (exact) mass is 314 g/mol. The average molecular weight is 314 g/mol. The molecule has 0 saturated carbocycles. The highest BCUT2D eigenvalue weighted by molar-refractivity contribution is 5.78. The molecule has 4 nitrogen and oxygen atoms in total. The van der Waals surface area contributed by atoms with E-state index in [9.17, 15) is 18.7 Å². The molecule has 0 bridgehead atoms. The standard InChI is InChI=1S/C16H24F2N2O2/c1-11(21)7-8-19(3)10-16(22)20(4)12(2)13-5-6-14(17)15(18)9-13/h5-6,9,11-12,21H,7-8,10H2,1-4H3. The number of benzene rings is 1. The summed E-state index contributed by atoms with van der Waals surface area (Å²) < 4.78 is 26.2. The number of hydrogen-bond acceptors (Lipinski definition) is 3. The molecule has 0 aliphatic rings. The maximum atomic E-state index is 13.3. The molecule has 0 fully saturated rings. The number of aliphatic hydroxyl groups excluding tert-OH is 1. The van der Waals surface area contributed by atoms with Gasteiger partial charge in [0.1, 0.15) is 0 Å². The highest BCUT2D eigenvalue weighted by Crippen LogP contribution is 2.21. The molecule has 1 aromatic rings. The maximum absolute atomic E-state index is 13.3. The lowest BCUT2D eigenvalue weighted by Gasteiger charge is -2.28. The van der Waals surface area contributed by atoms with Crippen LogP contribution in [0.4, 0.5) is 8.78 Å². The van der Waals surface area contributed by atoms with Gasteiger partial charge < -0.3 is 10.0 Å². The van der Waals surface area contributed by atoms with E-state index in [-0.39, 0.29) is 18.5 Å². The van der Waals surface area contributed by atoms with Gasteiger partial charge in [0.2, 0.25) is 5.91 Å². The van der Waals surface area contributed by atoms with Crippen molar-refractivity contribution in [2.45, 2.75) is 32.4 Å².